The van der Waals surface area contributed by atoms with Crippen LogP contribution in [0.5, 0.6) is 0 Å². The molecule has 1 aromatic heterocycles. The van der Waals surface area contributed by atoms with Crippen LogP contribution >= 0.6 is 11.8 Å². The number of rotatable bonds is 2. The Balaban J connectivity index is 1.76. The van der Waals surface area contributed by atoms with E-state index in [2.05, 4.69) is 10.3 Å². The molecule has 0 saturated heterocycles. The highest BCUT2D eigenvalue weighted by Gasteiger charge is 2.29. The molecule has 1 aliphatic rings. The number of thioether (sulfide) groups is 1. The van der Waals surface area contributed by atoms with Crippen LogP contribution in [0, 0.1) is 11.3 Å². The predicted molar refractivity (Wildman–Crippen MR) is 77.5 cm³/mol. The van der Waals surface area contributed by atoms with Gasteiger partial charge in [-0.05, 0) is 23.8 Å². The zero-order valence-electron chi connectivity index (χ0n) is 10.5. The van der Waals surface area contributed by atoms with Crippen molar-refractivity contribution in [1.29, 1.82) is 5.26 Å². The second-order valence-corrected chi connectivity index (χ2v) is 5.50. The van der Waals surface area contributed by atoms with E-state index >= 15 is 0 Å². The second-order valence-electron chi connectivity index (χ2n) is 4.43. The van der Waals surface area contributed by atoms with E-state index in [9.17, 15) is 4.79 Å². The molecule has 1 amide bonds. The highest BCUT2D eigenvalue weighted by molar-refractivity contribution is 7.99. The number of amides is 1. The van der Waals surface area contributed by atoms with Gasteiger partial charge in [0.15, 0.2) is 0 Å². The molecular weight excluding hydrogens is 270 g/mol. The molecular formula is C15H11N3OS. The van der Waals surface area contributed by atoms with Gasteiger partial charge in [-0.3, -0.25) is 4.79 Å². The number of nitrogens with zero attached hydrogens (tertiary/aromatic N) is 2. The molecule has 98 valence electrons. The molecule has 1 unspecified atom stereocenters. The lowest BCUT2D eigenvalue weighted by Crippen LogP contribution is -2.21. The third-order valence-corrected chi connectivity index (χ3v) is 4.34. The minimum atomic E-state index is -0.145. The van der Waals surface area contributed by atoms with E-state index in [0.717, 1.165) is 11.3 Å². The summed E-state index contributed by atoms with van der Waals surface area (Å²) in [7, 11) is 0. The number of benzene rings is 1. The van der Waals surface area contributed by atoms with Gasteiger partial charge in [-0.1, -0.05) is 18.2 Å². The first-order chi connectivity index (χ1) is 9.78. The van der Waals surface area contributed by atoms with Crippen molar-refractivity contribution in [3.8, 4) is 6.07 Å². The van der Waals surface area contributed by atoms with E-state index in [1.165, 1.54) is 11.1 Å². The maximum Gasteiger partial charge on any atom is 0.233 e. The zero-order chi connectivity index (χ0) is 13.9. The van der Waals surface area contributed by atoms with Gasteiger partial charge in [-0.25, -0.2) is 4.98 Å². The number of pyridine rings is 1. The van der Waals surface area contributed by atoms with Crippen LogP contribution < -0.4 is 5.32 Å². The number of hydrogen-bond donors (Lipinski definition) is 1. The molecule has 1 aromatic carbocycles. The SMILES string of the molecule is N#Cc1ccc(NC(=O)C2CSc3ccccc32)nc1. The summed E-state index contributed by atoms with van der Waals surface area (Å²) in [5, 5.41) is 11.5. The molecule has 3 rings (SSSR count). The molecule has 2 aromatic rings. The van der Waals surface area contributed by atoms with Crippen molar-refractivity contribution < 1.29 is 4.79 Å². The smallest absolute Gasteiger partial charge is 0.233 e. The third kappa shape index (κ3) is 2.38. The van der Waals surface area contributed by atoms with E-state index in [0.29, 0.717) is 11.4 Å². The molecule has 0 fully saturated rings. The van der Waals surface area contributed by atoms with Crippen LogP contribution in [0.25, 0.3) is 0 Å². The van der Waals surface area contributed by atoms with Gasteiger partial charge in [0.2, 0.25) is 5.91 Å². The summed E-state index contributed by atoms with van der Waals surface area (Å²) in [4.78, 5) is 17.5. The number of aromatic nitrogens is 1. The Labute approximate surface area is 120 Å². The molecule has 0 saturated carbocycles. The van der Waals surface area contributed by atoms with Crippen LogP contribution in [0.2, 0.25) is 0 Å². The fraction of sp³-hybridized carbons (Fsp3) is 0.133. The summed E-state index contributed by atoms with van der Waals surface area (Å²) in [6.07, 6.45) is 1.45. The maximum atomic E-state index is 12.3. The Morgan fingerprint density at radius 2 is 2.20 bits per heavy atom. The van der Waals surface area contributed by atoms with E-state index in [4.69, 9.17) is 5.26 Å². The minimum Gasteiger partial charge on any atom is -0.310 e. The van der Waals surface area contributed by atoms with Crippen molar-refractivity contribution in [2.45, 2.75) is 10.8 Å². The topological polar surface area (TPSA) is 65.8 Å². The van der Waals surface area contributed by atoms with Gasteiger partial charge in [0.05, 0.1) is 11.5 Å². The highest BCUT2D eigenvalue weighted by Crippen LogP contribution is 2.39. The van der Waals surface area contributed by atoms with Gasteiger partial charge in [0.1, 0.15) is 11.9 Å². The average molecular weight is 281 g/mol. The lowest BCUT2D eigenvalue weighted by atomic mass is 10.0. The zero-order valence-corrected chi connectivity index (χ0v) is 11.4. The standard InChI is InChI=1S/C15H11N3OS/c16-7-10-5-6-14(17-8-10)18-15(19)12-9-20-13-4-2-1-3-11(12)13/h1-6,8,12H,9H2,(H,17,18,19). The molecule has 0 radical (unpaired) electrons. The van der Waals surface area contributed by atoms with Gasteiger partial charge in [0, 0.05) is 16.8 Å². The first-order valence-corrected chi connectivity index (χ1v) is 7.15. The Bertz CT molecular complexity index is 691. The van der Waals surface area contributed by atoms with Gasteiger partial charge >= 0.3 is 0 Å². The molecule has 1 N–H and O–H groups in total. The van der Waals surface area contributed by atoms with Crippen LogP contribution in [0.1, 0.15) is 17.0 Å². The quantitative estimate of drug-likeness (QED) is 0.919. The predicted octanol–water partition coefficient (Wildman–Crippen LogP) is 2.78. The van der Waals surface area contributed by atoms with Gasteiger partial charge in [-0.2, -0.15) is 5.26 Å². The van der Waals surface area contributed by atoms with Crippen molar-refractivity contribution >= 4 is 23.5 Å². The molecule has 0 aliphatic carbocycles. The fourth-order valence-corrected chi connectivity index (χ4v) is 3.36. The number of nitriles is 1. The van der Waals surface area contributed by atoms with Crippen LogP contribution in [0.15, 0.2) is 47.5 Å². The molecule has 2 heterocycles. The molecule has 5 heteroatoms. The lowest BCUT2D eigenvalue weighted by molar-refractivity contribution is -0.117. The molecule has 0 spiro atoms. The number of hydrogen-bond acceptors (Lipinski definition) is 4. The van der Waals surface area contributed by atoms with E-state index < -0.39 is 0 Å². The Kier molecular flexibility index (Phi) is 3.40. The highest BCUT2D eigenvalue weighted by atomic mass is 32.2. The Hall–Kier alpha value is -2.32. The summed E-state index contributed by atoms with van der Waals surface area (Å²) in [6, 6.07) is 13.2. The van der Waals surface area contributed by atoms with E-state index in [1.807, 2.05) is 30.3 Å². The van der Waals surface area contributed by atoms with Gasteiger partial charge < -0.3 is 5.32 Å². The number of fused-ring (bicyclic) bond motifs is 1. The summed E-state index contributed by atoms with van der Waals surface area (Å²) in [5.41, 5.74) is 1.55. The average Bonchev–Trinajstić information content (AvgIpc) is 2.92. The number of anilines is 1. The largest absolute Gasteiger partial charge is 0.310 e. The number of nitrogens with one attached hydrogen (secondary N) is 1. The van der Waals surface area contributed by atoms with Crippen LogP contribution in [0.3, 0.4) is 0 Å². The molecule has 1 aliphatic heterocycles. The van der Waals surface area contributed by atoms with Crippen LogP contribution in [-0.2, 0) is 4.79 Å². The molecule has 20 heavy (non-hydrogen) atoms. The maximum absolute atomic E-state index is 12.3. The minimum absolute atomic E-state index is 0.0559. The summed E-state index contributed by atoms with van der Waals surface area (Å²) in [5.74, 6) is 1.03. The second kappa shape index (κ2) is 5.35. The van der Waals surface area contributed by atoms with Crippen molar-refractivity contribution in [2.24, 2.45) is 0 Å². The molecule has 0 bridgehead atoms. The number of carbonyl (C=O) groups is 1. The molecule has 4 nitrogen and oxygen atoms in total. The monoisotopic (exact) mass is 281 g/mol. The summed E-state index contributed by atoms with van der Waals surface area (Å²) in [6.45, 7) is 0. The van der Waals surface area contributed by atoms with Crippen LogP contribution in [-0.4, -0.2) is 16.6 Å². The lowest BCUT2D eigenvalue weighted by Gasteiger charge is -2.10. The number of carbonyl (C=O) groups excluding carboxylic acids is 1. The van der Waals surface area contributed by atoms with Gasteiger partial charge in [-0.15, -0.1) is 11.8 Å². The first-order valence-electron chi connectivity index (χ1n) is 6.16. The third-order valence-electron chi connectivity index (χ3n) is 3.16. The van der Waals surface area contributed by atoms with Crippen molar-refractivity contribution in [3.63, 3.8) is 0 Å². The Morgan fingerprint density at radius 1 is 1.35 bits per heavy atom. The summed E-state index contributed by atoms with van der Waals surface area (Å²) >= 11 is 1.70. The first kappa shape index (κ1) is 12.7. The van der Waals surface area contributed by atoms with Crippen molar-refractivity contribution in [2.75, 3.05) is 11.1 Å². The Morgan fingerprint density at radius 3 is 2.95 bits per heavy atom. The van der Waals surface area contributed by atoms with Gasteiger partial charge in [0.25, 0.3) is 0 Å². The van der Waals surface area contributed by atoms with Crippen molar-refractivity contribution in [3.05, 3.63) is 53.7 Å². The fourth-order valence-electron chi connectivity index (χ4n) is 2.13. The van der Waals surface area contributed by atoms with E-state index in [1.54, 1.807) is 23.9 Å². The van der Waals surface area contributed by atoms with Crippen molar-refractivity contribution in [1.82, 2.24) is 4.98 Å². The normalized spacial score (nSPS) is 16.2. The van der Waals surface area contributed by atoms with Crippen LogP contribution in [0.4, 0.5) is 5.82 Å². The van der Waals surface area contributed by atoms with E-state index in [-0.39, 0.29) is 11.8 Å². The molecule has 1 atom stereocenters. The summed E-state index contributed by atoms with van der Waals surface area (Å²) < 4.78 is 0.